The van der Waals surface area contributed by atoms with Gasteiger partial charge in [-0.1, -0.05) is 0 Å². The number of allylic oxidation sites excluding steroid dienone is 1. The van der Waals surface area contributed by atoms with Crippen LogP contribution in [0.5, 0.6) is 0 Å². The van der Waals surface area contributed by atoms with E-state index in [0.717, 1.165) is 18.6 Å². The van der Waals surface area contributed by atoms with Gasteiger partial charge in [-0.05, 0) is 18.9 Å². The molecule has 0 amide bonds. The van der Waals surface area contributed by atoms with Crippen LogP contribution in [0, 0.1) is 11.3 Å². The van der Waals surface area contributed by atoms with Crippen LogP contribution in [0.15, 0.2) is 11.6 Å². The Hall–Kier alpha value is -0.810. The molecule has 1 heterocycles. The molecule has 9 heavy (non-hydrogen) atoms. The van der Waals surface area contributed by atoms with E-state index in [2.05, 4.69) is 0 Å². The van der Waals surface area contributed by atoms with Crippen molar-refractivity contribution in [3.05, 3.63) is 11.6 Å². The van der Waals surface area contributed by atoms with E-state index in [1.165, 1.54) is 0 Å². The third-order valence-electron chi connectivity index (χ3n) is 1.53. The number of hydrogen-bond donors (Lipinski definition) is 0. The second-order valence-electron chi connectivity index (χ2n) is 2.11. The lowest BCUT2D eigenvalue weighted by Gasteiger charge is -1.99. The van der Waals surface area contributed by atoms with E-state index in [-0.39, 0.29) is 6.10 Å². The van der Waals surface area contributed by atoms with Gasteiger partial charge in [0.05, 0.1) is 18.8 Å². The van der Waals surface area contributed by atoms with Crippen LogP contribution in [0.25, 0.3) is 0 Å². The molecule has 1 aliphatic heterocycles. The van der Waals surface area contributed by atoms with Crippen LogP contribution >= 0.6 is 0 Å². The molecule has 1 unspecified atom stereocenters. The second-order valence-corrected chi connectivity index (χ2v) is 2.11. The Balaban J connectivity index is 2.62. The highest BCUT2D eigenvalue weighted by Gasteiger charge is 2.15. The zero-order valence-corrected chi connectivity index (χ0v) is 5.42. The number of nitrogens with zero attached hydrogens (tertiary/aromatic N) is 1. The summed E-state index contributed by atoms with van der Waals surface area (Å²) >= 11 is 0. The fourth-order valence-electron chi connectivity index (χ4n) is 0.936. The standard InChI is InChI=1S/C7H9NO/c1-6-7(2-4-8)3-5-9-6/h2,6H,3,5H2,1H3. The van der Waals surface area contributed by atoms with Crippen molar-refractivity contribution in [2.24, 2.45) is 0 Å². The summed E-state index contributed by atoms with van der Waals surface area (Å²) in [5.74, 6) is 0. The average molecular weight is 123 g/mol. The highest BCUT2D eigenvalue weighted by molar-refractivity contribution is 5.18. The Kier molecular flexibility index (Phi) is 1.86. The predicted molar refractivity (Wildman–Crippen MR) is 33.7 cm³/mol. The van der Waals surface area contributed by atoms with E-state index in [0.29, 0.717) is 0 Å². The van der Waals surface area contributed by atoms with E-state index in [1.807, 2.05) is 13.0 Å². The van der Waals surface area contributed by atoms with E-state index < -0.39 is 0 Å². The Labute approximate surface area is 54.7 Å². The number of nitriles is 1. The van der Waals surface area contributed by atoms with Gasteiger partial charge >= 0.3 is 0 Å². The van der Waals surface area contributed by atoms with Crippen LogP contribution < -0.4 is 0 Å². The molecular weight excluding hydrogens is 114 g/mol. The molecule has 0 aromatic heterocycles. The van der Waals surface area contributed by atoms with Gasteiger partial charge in [-0.15, -0.1) is 0 Å². The Morgan fingerprint density at radius 3 is 3.11 bits per heavy atom. The third-order valence-corrected chi connectivity index (χ3v) is 1.53. The molecule has 48 valence electrons. The maximum absolute atomic E-state index is 8.26. The minimum atomic E-state index is 0.171. The minimum Gasteiger partial charge on any atom is -0.374 e. The van der Waals surface area contributed by atoms with Crippen molar-refractivity contribution < 1.29 is 4.74 Å². The smallest absolute Gasteiger partial charge is 0.0912 e. The summed E-state index contributed by atoms with van der Waals surface area (Å²) in [6, 6.07) is 2.00. The zero-order chi connectivity index (χ0) is 6.69. The van der Waals surface area contributed by atoms with Crippen LogP contribution in [-0.2, 0) is 4.74 Å². The lowest BCUT2D eigenvalue weighted by Crippen LogP contribution is -1.98. The number of rotatable bonds is 0. The van der Waals surface area contributed by atoms with Gasteiger partial charge in [0.1, 0.15) is 0 Å². The highest BCUT2D eigenvalue weighted by atomic mass is 16.5. The molecule has 2 heteroatoms. The van der Waals surface area contributed by atoms with Crippen molar-refractivity contribution in [1.29, 1.82) is 5.26 Å². The fraction of sp³-hybridized carbons (Fsp3) is 0.571. The highest BCUT2D eigenvalue weighted by Crippen LogP contribution is 2.18. The molecule has 1 fully saturated rings. The first-order valence-corrected chi connectivity index (χ1v) is 3.04. The molecule has 0 aromatic rings. The van der Waals surface area contributed by atoms with Crippen LogP contribution in [0.2, 0.25) is 0 Å². The van der Waals surface area contributed by atoms with Crippen molar-refractivity contribution in [3.63, 3.8) is 0 Å². The Bertz CT molecular complexity index is 166. The molecule has 1 atom stereocenters. The summed E-state index contributed by atoms with van der Waals surface area (Å²) in [5.41, 5.74) is 1.12. The van der Waals surface area contributed by atoms with Gasteiger partial charge in [-0.25, -0.2) is 0 Å². The largest absolute Gasteiger partial charge is 0.374 e. The molecule has 0 N–H and O–H groups in total. The number of ether oxygens (including phenoxy) is 1. The monoisotopic (exact) mass is 123 g/mol. The maximum atomic E-state index is 8.26. The minimum absolute atomic E-state index is 0.171. The van der Waals surface area contributed by atoms with Gasteiger partial charge in [0.25, 0.3) is 0 Å². The molecule has 0 spiro atoms. The summed E-state index contributed by atoms with van der Waals surface area (Å²) < 4.78 is 5.20. The number of hydrogen-bond acceptors (Lipinski definition) is 2. The molecule has 0 bridgehead atoms. The molecule has 0 saturated carbocycles. The van der Waals surface area contributed by atoms with Gasteiger partial charge in [-0.2, -0.15) is 5.26 Å². The molecular formula is C7H9NO. The predicted octanol–water partition coefficient (Wildman–Crippen LogP) is 1.25. The average Bonchev–Trinajstić information content (AvgIpc) is 2.18. The van der Waals surface area contributed by atoms with Crippen molar-refractivity contribution in [1.82, 2.24) is 0 Å². The van der Waals surface area contributed by atoms with Gasteiger partial charge in [0, 0.05) is 6.08 Å². The van der Waals surface area contributed by atoms with E-state index >= 15 is 0 Å². The normalized spacial score (nSPS) is 30.7. The van der Waals surface area contributed by atoms with E-state index in [9.17, 15) is 0 Å². The first kappa shape index (κ1) is 6.31. The van der Waals surface area contributed by atoms with Crippen molar-refractivity contribution in [3.8, 4) is 6.07 Å². The van der Waals surface area contributed by atoms with Crippen molar-refractivity contribution in [2.45, 2.75) is 19.4 Å². The Morgan fingerprint density at radius 1 is 1.89 bits per heavy atom. The molecule has 1 saturated heterocycles. The maximum Gasteiger partial charge on any atom is 0.0912 e. The van der Waals surface area contributed by atoms with Crippen molar-refractivity contribution >= 4 is 0 Å². The quantitative estimate of drug-likeness (QED) is 0.454. The van der Waals surface area contributed by atoms with Gasteiger partial charge in [0.2, 0.25) is 0 Å². The SMILES string of the molecule is CC1OCCC1=CC#N. The Morgan fingerprint density at radius 2 is 2.67 bits per heavy atom. The summed E-state index contributed by atoms with van der Waals surface area (Å²) in [6.45, 7) is 2.74. The molecule has 1 rings (SSSR count). The third kappa shape index (κ3) is 1.30. The topological polar surface area (TPSA) is 33.0 Å². The summed E-state index contributed by atoms with van der Waals surface area (Å²) in [5, 5.41) is 8.26. The first-order chi connectivity index (χ1) is 4.34. The molecule has 2 nitrogen and oxygen atoms in total. The van der Waals surface area contributed by atoms with Gasteiger partial charge in [-0.3, -0.25) is 0 Å². The summed E-state index contributed by atoms with van der Waals surface area (Å²) in [7, 11) is 0. The molecule has 0 radical (unpaired) electrons. The summed E-state index contributed by atoms with van der Waals surface area (Å²) in [6.07, 6.45) is 2.68. The molecule has 1 aliphatic rings. The summed E-state index contributed by atoms with van der Waals surface area (Å²) in [4.78, 5) is 0. The molecule has 0 aromatic carbocycles. The van der Waals surface area contributed by atoms with E-state index in [4.69, 9.17) is 10.00 Å². The lowest BCUT2D eigenvalue weighted by molar-refractivity contribution is 0.137. The van der Waals surface area contributed by atoms with Crippen LogP contribution in [0.1, 0.15) is 13.3 Å². The fourth-order valence-corrected chi connectivity index (χ4v) is 0.936. The van der Waals surface area contributed by atoms with Crippen molar-refractivity contribution in [2.75, 3.05) is 6.61 Å². The van der Waals surface area contributed by atoms with Gasteiger partial charge in [0.15, 0.2) is 0 Å². The zero-order valence-electron chi connectivity index (χ0n) is 5.42. The van der Waals surface area contributed by atoms with Gasteiger partial charge < -0.3 is 4.74 Å². The van der Waals surface area contributed by atoms with Crippen LogP contribution in [-0.4, -0.2) is 12.7 Å². The van der Waals surface area contributed by atoms with Crippen LogP contribution in [0.3, 0.4) is 0 Å². The van der Waals surface area contributed by atoms with Crippen LogP contribution in [0.4, 0.5) is 0 Å². The first-order valence-electron chi connectivity index (χ1n) is 3.04. The lowest BCUT2D eigenvalue weighted by atomic mass is 10.1. The second kappa shape index (κ2) is 2.65. The molecule has 0 aliphatic carbocycles. The van der Waals surface area contributed by atoms with E-state index in [1.54, 1.807) is 6.08 Å².